The van der Waals surface area contributed by atoms with E-state index in [4.69, 9.17) is 9.47 Å². The van der Waals surface area contributed by atoms with Crippen LogP contribution in [0.15, 0.2) is 0 Å². The Labute approximate surface area is 165 Å². The zero-order chi connectivity index (χ0) is 20.4. The highest BCUT2D eigenvalue weighted by Gasteiger charge is 2.48. The fourth-order valence-corrected chi connectivity index (χ4v) is 3.59. The van der Waals surface area contributed by atoms with Crippen molar-refractivity contribution < 1.29 is 24.5 Å². The van der Waals surface area contributed by atoms with E-state index in [1.165, 1.54) is 12.8 Å². The van der Waals surface area contributed by atoms with Crippen molar-refractivity contribution in [2.45, 2.75) is 104 Å². The monoisotopic (exact) mass is 387 g/mol. The lowest BCUT2D eigenvalue weighted by Gasteiger charge is -2.44. The zero-order valence-corrected chi connectivity index (χ0v) is 17.8. The van der Waals surface area contributed by atoms with Crippen molar-refractivity contribution >= 4 is 5.78 Å². The molecule has 3 N–H and O–H groups in total. The molecule has 1 aliphatic rings. The zero-order valence-electron chi connectivity index (χ0n) is 17.8. The van der Waals surface area contributed by atoms with Crippen molar-refractivity contribution in [3.63, 3.8) is 0 Å². The Morgan fingerprint density at radius 2 is 1.70 bits per heavy atom. The van der Waals surface area contributed by atoms with Crippen molar-refractivity contribution in [2.75, 3.05) is 13.1 Å². The summed E-state index contributed by atoms with van der Waals surface area (Å²) in [6, 6.07) is 0. The highest BCUT2D eigenvalue weighted by atomic mass is 16.7. The molecule has 0 saturated carbocycles. The van der Waals surface area contributed by atoms with Crippen LogP contribution in [-0.4, -0.2) is 59.8 Å². The van der Waals surface area contributed by atoms with Crippen LogP contribution < -0.4 is 5.32 Å². The summed E-state index contributed by atoms with van der Waals surface area (Å²) in [4.78, 5) is 12.8. The summed E-state index contributed by atoms with van der Waals surface area (Å²) in [5.41, 5.74) is 0. The van der Waals surface area contributed by atoms with Crippen LogP contribution in [0.3, 0.4) is 0 Å². The minimum Gasteiger partial charge on any atom is -0.390 e. The van der Waals surface area contributed by atoms with Crippen LogP contribution in [-0.2, 0) is 14.3 Å². The maximum Gasteiger partial charge on any atom is 0.187 e. The van der Waals surface area contributed by atoms with E-state index in [1.807, 2.05) is 27.7 Å². The maximum atomic E-state index is 12.8. The predicted molar refractivity (Wildman–Crippen MR) is 106 cm³/mol. The van der Waals surface area contributed by atoms with Crippen molar-refractivity contribution in [1.29, 1.82) is 0 Å². The molecule has 5 unspecified atom stereocenters. The van der Waals surface area contributed by atoms with E-state index in [-0.39, 0.29) is 17.8 Å². The van der Waals surface area contributed by atoms with Gasteiger partial charge in [0.2, 0.25) is 0 Å². The number of unbranched alkanes of at least 4 members (excludes halogenated alkanes) is 3. The van der Waals surface area contributed by atoms with Crippen LogP contribution in [0.5, 0.6) is 0 Å². The first-order valence-corrected chi connectivity index (χ1v) is 10.7. The molecule has 6 heteroatoms. The summed E-state index contributed by atoms with van der Waals surface area (Å²) >= 11 is 0. The Bertz CT molecular complexity index is 413. The maximum absolute atomic E-state index is 12.8. The third-order valence-corrected chi connectivity index (χ3v) is 5.13. The predicted octanol–water partition coefficient (Wildman–Crippen LogP) is 2.65. The van der Waals surface area contributed by atoms with E-state index in [0.29, 0.717) is 6.42 Å². The standard InChI is InChI=1S/C21H41NO5/c1-6-7-12-22-13-10-8-9-11-16(23)20-17(14(2)3)18(24)19(25)21(27-20)26-15(4)5/h14-15,17-22,24-25H,6-13H2,1-5H3. The van der Waals surface area contributed by atoms with Gasteiger partial charge in [0.1, 0.15) is 12.2 Å². The van der Waals surface area contributed by atoms with Crippen LogP contribution in [0.25, 0.3) is 0 Å². The summed E-state index contributed by atoms with van der Waals surface area (Å²) in [5, 5.41) is 24.3. The number of carbonyl (C=O) groups is 1. The Balaban J connectivity index is 2.52. The Hall–Kier alpha value is -0.530. The molecular weight excluding hydrogens is 346 g/mol. The van der Waals surface area contributed by atoms with Crippen LogP contribution in [0.1, 0.15) is 73.1 Å². The molecule has 0 radical (unpaired) electrons. The number of Topliss-reactive ketones (excluding diaryl/α,β-unsaturated/α-hetero) is 1. The summed E-state index contributed by atoms with van der Waals surface area (Å²) in [6.07, 6.45) is 1.65. The normalized spacial score (nSPS) is 28.9. The van der Waals surface area contributed by atoms with Crippen LogP contribution in [0.2, 0.25) is 0 Å². The fraction of sp³-hybridized carbons (Fsp3) is 0.952. The molecule has 27 heavy (non-hydrogen) atoms. The topological polar surface area (TPSA) is 88.0 Å². The van der Waals surface area contributed by atoms with Gasteiger partial charge in [0.05, 0.1) is 12.2 Å². The Morgan fingerprint density at radius 3 is 2.30 bits per heavy atom. The van der Waals surface area contributed by atoms with Gasteiger partial charge in [0, 0.05) is 12.3 Å². The van der Waals surface area contributed by atoms with E-state index in [1.54, 1.807) is 0 Å². The van der Waals surface area contributed by atoms with Gasteiger partial charge in [0.25, 0.3) is 0 Å². The number of nitrogens with one attached hydrogen (secondary N) is 1. The lowest BCUT2D eigenvalue weighted by Crippen LogP contribution is -2.59. The van der Waals surface area contributed by atoms with Gasteiger partial charge in [-0.2, -0.15) is 0 Å². The highest BCUT2D eigenvalue weighted by Crippen LogP contribution is 2.33. The molecule has 0 bridgehead atoms. The Kier molecular flexibility index (Phi) is 11.7. The van der Waals surface area contributed by atoms with Crippen molar-refractivity contribution in [3.8, 4) is 0 Å². The third-order valence-electron chi connectivity index (χ3n) is 5.13. The second-order valence-corrected chi connectivity index (χ2v) is 8.29. The molecule has 1 rings (SSSR count). The number of carbonyl (C=O) groups excluding carboxylic acids is 1. The van der Waals surface area contributed by atoms with Crippen molar-refractivity contribution in [3.05, 3.63) is 0 Å². The first-order valence-electron chi connectivity index (χ1n) is 10.7. The first kappa shape index (κ1) is 24.5. The largest absolute Gasteiger partial charge is 0.390 e. The third kappa shape index (κ3) is 8.16. The summed E-state index contributed by atoms with van der Waals surface area (Å²) in [6.45, 7) is 11.8. The van der Waals surface area contributed by atoms with Gasteiger partial charge in [-0.05, 0) is 52.1 Å². The van der Waals surface area contributed by atoms with Crippen LogP contribution in [0.4, 0.5) is 0 Å². The number of aliphatic hydroxyl groups excluding tert-OH is 2. The molecule has 5 atom stereocenters. The van der Waals surface area contributed by atoms with Gasteiger partial charge in [-0.1, -0.05) is 33.6 Å². The minimum atomic E-state index is -1.14. The molecule has 1 heterocycles. The number of ether oxygens (including phenoxy) is 2. The number of ketones is 1. The lowest BCUT2D eigenvalue weighted by atomic mass is 9.78. The second kappa shape index (κ2) is 12.8. The molecule has 1 aliphatic heterocycles. The van der Waals surface area contributed by atoms with E-state index in [0.717, 1.165) is 32.4 Å². The average Bonchev–Trinajstić information content (AvgIpc) is 2.60. The van der Waals surface area contributed by atoms with E-state index in [2.05, 4.69) is 12.2 Å². The smallest absolute Gasteiger partial charge is 0.187 e. The van der Waals surface area contributed by atoms with E-state index in [9.17, 15) is 15.0 Å². The molecule has 1 fully saturated rings. The quantitative estimate of drug-likeness (QED) is 0.421. The number of hydrogen-bond donors (Lipinski definition) is 3. The van der Waals surface area contributed by atoms with Gasteiger partial charge >= 0.3 is 0 Å². The number of aliphatic hydroxyl groups is 2. The van der Waals surface area contributed by atoms with Crippen molar-refractivity contribution in [2.24, 2.45) is 11.8 Å². The van der Waals surface area contributed by atoms with Gasteiger partial charge in [-0.15, -0.1) is 0 Å². The van der Waals surface area contributed by atoms with Gasteiger partial charge in [-0.3, -0.25) is 4.79 Å². The molecule has 6 nitrogen and oxygen atoms in total. The molecule has 0 aliphatic carbocycles. The minimum absolute atomic E-state index is 0.00375. The van der Waals surface area contributed by atoms with Gasteiger partial charge < -0.3 is 25.0 Å². The van der Waals surface area contributed by atoms with Crippen molar-refractivity contribution in [1.82, 2.24) is 5.32 Å². The van der Waals surface area contributed by atoms with E-state index >= 15 is 0 Å². The molecule has 0 aromatic carbocycles. The van der Waals surface area contributed by atoms with Gasteiger partial charge in [0.15, 0.2) is 12.1 Å². The summed E-state index contributed by atoms with van der Waals surface area (Å²) in [7, 11) is 0. The van der Waals surface area contributed by atoms with Crippen LogP contribution in [0, 0.1) is 11.8 Å². The van der Waals surface area contributed by atoms with Crippen LogP contribution >= 0.6 is 0 Å². The molecular formula is C21H41NO5. The Morgan fingerprint density at radius 1 is 1.04 bits per heavy atom. The molecule has 0 aromatic heterocycles. The fourth-order valence-electron chi connectivity index (χ4n) is 3.59. The lowest BCUT2D eigenvalue weighted by molar-refractivity contribution is -0.292. The highest BCUT2D eigenvalue weighted by molar-refractivity contribution is 5.83. The second-order valence-electron chi connectivity index (χ2n) is 8.29. The summed E-state index contributed by atoms with van der Waals surface area (Å²) in [5.74, 6) is -0.405. The number of hydrogen-bond acceptors (Lipinski definition) is 6. The molecule has 0 spiro atoms. The average molecular weight is 388 g/mol. The summed E-state index contributed by atoms with van der Waals surface area (Å²) < 4.78 is 11.4. The molecule has 160 valence electrons. The SMILES string of the molecule is CCCCNCCCCCC(=O)C1OC(OC(C)C)C(O)C(O)C1C(C)C. The molecule has 1 saturated heterocycles. The molecule has 0 aromatic rings. The molecule has 0 amide bonds. The number of rotatable bonds is 13. The van der Waals surface area contributed by atoms with E-state index < -0.39 is 30.5 Å². The van der Waals surface area contributed by atoms with Gasteiger partial charge in [-0.25, -0.2) is 0 Å². The first-order chi connectivity index (χ1) is 12.8.